The Hall–Kier alpha value is -1.56. The van der Waals surface area contributed by atoms with Gasteiger partial charge in [-0.2, -0.15) is 13.2 Å². The molecule has 0 fully saturated rings. The summed E-state index contributed by atoms with van der Waals surface area (Å²) >= 11 is 0. The van der Waals surface area contributed by atoms with Crippen LogP contribution >= 0.6 is 0 Å². The Kier molecular flexibility index (Phi) is 3.54. The molecule has 0 amide bonds. The first-order valence-electron chi connectivity index (χ1n) is 4.36. The van der Waals surface area contributed by atoms with E-state index in [4.69, 9.17) is 10.2 Å². The van der Waals surface area contributed by atoms with Crippen molar-refractivity contribution in [3.8, 4) is 0 Å². The molecule has 0 atom stereocenters. The zero-order valence-electron chi connectivity index (χ0n) is 8.08. The topological polar surface area (TPSA) is 57.5 Å². The molecule has 16 heavy (non-hydrogen) atoms. The minimum absolute atomic E-state index is 0.0528. The Morgan fingerprint density at radius 3 is 2.38 bits per heavy atom. The SMILES string of the molecule is O=C(O)Cc1ccc(CO)c(C(F)(F)F)c1. The van der Waals surface area contributed by atoms with Crippen LogP contribution in [-0.2, 0) is 24.0 Å². The van der Waals surface area contributed by atoms with E-state index < -0.39 is 30.7 Å². The van der Waals surface area contributed by atoms with Gasteiger partial charge in [-0.3, -0.25) is 4.79 Å². The van der Waals surface area contributed by atoms with Crippen LogP contribution in [0.4, 0.5) is 13.2 Å². The number of aliphatic carboxylic acids is 1. The maximum absolute atomic E-state index is 12.5. The molecule has 0 saturated heterocycles. The largest absolute Gasteiger partial charge is 0.481 e. The number of hydrogen-bond donors (Lipinski definition) is 2. The summed E-state index contributed by atoms with van der Waals surface area (Å²) in [6.45, 7) is -0.734. The number of benzene rings is 1. The van der Waals surface area contributed by atoms with Crippen LogP contribution in [0.2, 0.25) is 0 Å². The monoisotopic (exact) mass is 234 g/mol. The molecule has 1 aromatic rings. The zero-order chi connectivity index (χ0) is 12.3. The van der Waals surface area contributed by atoms with E-state index in [1.807, 2.05) is 0 Å². The number of aliphatic hydroxyl groups excluding tert-OH is 1. The lowest BCUT2D eigenvalue weighted by Gasteiger charge is -2.12. The van der Waals surface area contributed by atoms with Crippen LogP contribution < -0.4 is 0 Å². The second-order valence-corrected chi connectivity index (χ2v) is 3.22. The third kappa shape index (κ3) is 2.96. The smallest absolute Gasteiger partial charge is 0.416 e. The minimum Gasteiger partial charge on any atom is -0.481 e. The fourth-order valence-electron chi connectivity index (χ4n) is 1.31. The fraction of sp³-hybridized carbons (Fsp3) is 0.300. The molecule has 0 unspecified atom stereocenters. The van der Waals surface area contributed by atoms with Gasteiger partial charge in [-0.05, 0) is 17.2 Å². The van der Waals surface area contributed by atoms with Crippen LogP contribution in [0.15, 0.2) is 18.2 Å². The lowest BCUT2D eigenvalue weighted by Crippen LogP contribution is -2.11. The quantitative estimate of drug-likeness (QED) is 0.838. The van der Waals surface area contributed by atoms with Crippen LogP contribution in [0, 0.1) is 0 Å². The van der Waals surface area contributed by atoms with Gasteiger partial charge in [0.05, 0.1) is 18.6 Å². The molecule has 6 heteroatoms. The average Bonchev–Trinajstić information content (AvgIpc) is 2.15. The maximum Gasteiger partial charge on any atom is 0.416 e. The first-order valence-corrected chi connectivity index (χ1v) is 4.36. The van der Waals surface area contributed by atoms with Crippen molar-refractivity contribution in [3.63, 3.8) is 0 Å². The number of carboxylic acid groups (broad SMARTS) is 1. The number of aliphatic hydroxyl groups is 1. The van der Waals surface area contributed by atoms with E-state index in [0.29, 0.717) is 0 Å². The van der Waals surface area contributed by atoms with Gasteiger partial charge in [-0.25, -0.2) is 0 Å². The first kappa shape index (κ1) is 12.5. The molecular weight excluding hydrogens is 225 g/mol. The molecule has 0 heterocycles. The van der Waals surface area contributed by atoms with Gasteiger partial charge in [0.2, 0.25) is 0 Å². The molecule has 0 aliphatic rings. The number of carboxylic acids is 1. The van der Waals surface area contributed by atoms with Gasteiger partial charge in [0.1, 0.15) is 0 Å². The molecule has 0 saturated carbocycles. The number of hydrogen-bond acceptors (Lipinski definition) is 2. The van der Waals surface area contributed by atoms with Crippen molar-refractivity contribution >= 4 is 5.97 Å². The molecule has 0 spiro atoms. The number of rotatable bonds is 3. The zero-order valence-corrected chi connectivity index (χ0v) is 8.08. The summed E-state index contributed by atoms with van der Waals surface area (Å²) in [6, 6.07) is 3.09. The van der Waals surface area contributed by atoms with Crippen molar-refractivity contribution < 1.29 is 28.2 Å². The Morgan fingerprint density at radius 2 is 1.94 bits per heavy atom. The number of halogens is 3. The number of alkyl halides is 3. The van der Waals surface area contributed by atoms with Crippen LogP contribution in [0.3, 0.4) is 0 Å². The van der Waals surface area contributed by atoms with Crippen LogP contribution in [-0.4, -0.2) is 16.2 Å². The summed E-state index contributed by atoms with van der Waals surface area (Å²) in [5.41, 5.74) is -1.20. The molecule has 0 aliphatic carbocycles. The van der Waals surface area contributed by atoms with Crippen LogP contribution in [0.5, 0.6) is 0 Å². The Balaban J connectivity index is 3.16. The summed E-state index contributed by atoms with van der Waals surface area (Å²) in [4.78, 5) is 10.4. The lowest BCUT2D eigenvalue weighted by molar-refractivity contribution is -0.139. The second-order valence-electron chi connectivity index (χ2n) is 3.22. The predicted octanol–water partition coefficient (Wildman–Crippen LogP) is 1.82. The fourth-order valence-corrected chi connectivity index (χ4v) is 1.31. The van der Waals surface area contributed by atoms with Crippen molar-refractivity contribution in [2.45, 2.75) is 19.2 Å². The highest BCUT2D eigenvalue weighted by Gasteiger charge is 2.33. The van der Waals surface area contributed by atoms with Crippen molar-refractivity contribution in [2.24, 2.45) is 0 Å². The highest BCUT2D eigenvalue weighted by molar-refractivity contribution is 5.70. The van der Waals surface area contributed by atoms with E-state index >= 15 is 0 Å². The Bertz CT molecular complexity index is 399. The van der Waals surface area contributed by atoms with E-state index in [9.17, 15) is 18.0 Å². The third-order valence-electron chi connectivity index (χ3n) is 2.01. The molecule has 3 nitrogen and oxygen atoms in total. The standard InChI is InChI=1S/C10H9F3O3/c11-10(12,13)8-3-6(4-9(15)16)1-2-7(8)5-14/h1-3,14H,4-5H2,(H,15,16). The van der Waals surface area contributed by atoms with Crippen molar-refractivity contribution in [1.82, 2.24) is 0 Å². The predicted molar refractivity (Wildman–Crippen MR) is 48.7 cm³/mol. The van der Waals surface area contributed by atoms with Gasteiger partial charge < -0.3 is 10.2 Å². The highest BCUT2D eigenvalue weighted by Crippen LogP contribution is 2.32. The summed E-state index contributed by atoms with van der Waals surface area (Å²) in [7, 11) is 0. The van der Waals surface area contributed by atoms with Gasteiger partial charge in [0, 0.05) is 0 Å². The van der Waals surface area contributed by atoms with Gasteiger partial charge >= 0.3 is 12.1 Å². The van der Waals surface area contributed by atoms with E-state index in [1.54, 1.807) is 0 Å². The first-order chi connectivity index (χ1) is 7.34. The Labute approximate surface area is 89.1 Å². The molecule has 1 rings (SSSR count). The Morgan fingerprint density at radius 1 is 1.31 bits per heavy atom. The molecule has 0 aromatic heterocycles. The van der Waals surface area contributed by atoms with Gasteiger partial charge in [0.15, 0.2) is 0 Å². The van der Waals surface area contributed by atoms with E-state index in [2.05, 4.69) is 0 Å². The lowest BCUT2D eigenvalue weighted by atomic mass is 10.0. The molecule has 0 aliphatic heterocycles. The van der Waals surface area contributed by atoms with Gasteiger partial charge in [-0.1, -0.05) is 12.1 Å². The summed E-state index contributed by atoms with van der Waals surface area (Å²) in [5, 5.41) is 17.2. The van der Waals surface area contributed by atoms with Crippen LogP contribution in [0.1, 0.15) is 16.7 Å². The maximum atomic E-state index is 12.5. The van der Waals surface area contributed by atoms with Crippen molar-refractivity contribution in [1.29, 1.82) is 0 Å². The summed E-state index contributed by atoms with van der Waals surface area (Å²) in [5.74, 6) is -1.20. The van der Waals surface area contributed by atoms with Crippen molar-refractivity contribution in [2.75, 3.05) is 0 Å². The van der Waals surface area contributed by atoms with Gasteiger partial charge in [0.25, 0.3) is 0 Å². The molecular formula is C10H9F3O3. The molecule has 2 N–H and O–H groups in total. The molecule has 1 aromatic carbocycles. The molecule has 88 valence electrons. The van der Waals surface area contributed by atoms with E-state index in [-0.39, 0.29) is 11.1 Å². The average molecular weight is 234 g/mol. The molecule has 0 bridgehead atoms. The second kappa shape index (κ2) is 4.52. The summed E-state index contributed by atoms with van der Waals surface area (Å²) in [6.07, 6.45) is -5.07. The normalized spacial score (nSPS) is 11.5. The van der Waals surface area contributed by atoms with E-state index in [0.717, 1.165) is 12.1 Å². The highest BCUT2D eigenvalue weighted by atomic mass is 19.4. The van der Waals surface area contributed by atoms with Crippen LogP contribution in [0.25, 0.3) is 0 Å². The minimum atomic E-state index is -4.59. The van der Waals surface area contributed by atoms with Gasteiger partial charge in [-0.15, -0.1) is 0 Å². The molecule has 0 radical (unpaired) electrons. The third-order valence-corrected chi connectivity index (χ3v) is 2.01. The van der Waals surface area contributed by atoms with Crippen molar-refractivity contribution in [3.05, 3.63) is 34.9 Å². The number of carbonyl (C=O) groups is 1. The summed E-state index contributed by atoms with van der Waals surface area (Å²) < 4.78 is 37.5. The van der Waals surface area contributed by atoms with E-state index in [1.165, 1.54) is 6.07 Å².